The Hall–Kier alpha value is -2.12. The molecule has 1 aromatic heterocycles. The van der Waals surface area contributed by atoms with Gasteiger partial charge < -0.3 is 10.6 Å². The van der Waals surface area contributed by atoms with E-state index in [2.05, 4.69) is 15.7 Å². The van der Waals surface area contributed by atoms with Crippen LogP contribution in [-0.4, -0.2) is 33.2 Å². The number of amides is 1. The van der Waals surface area contributed by atoms with Crippen LogP contribution in [0.15, 0.2) is 0 Å². The van der Waals surface area contributed by atoms with E-state index in [-0.39, 0.29) is 17.4 Å². The van der Waals surface area contributed by atoms with Gasteiger partial charge in [0.1, 0.15) is 11.7 Å². The molecule has 0 spiro atoms. The first kappa shape index (κ1) is 12.3. The quantitative estimate of drug-likeness (QED) is 0.597. The first-order valence-corrected chi connectivity index (χ1v) is 5.73. The molecule has 2 rings (SSSR count). The molecule has 1 saturated heterocycles. The van der Waals surface area contributed by atoms with E-state index >= 15 is 0 Å². The summed E-state index contributed by atoms with van der Waals surface area (Å²) in [7, 11) is 1.61. The molecule has 1 aromatic rings. The van der Waals surface area contributed by atoms with Gasteiger partial charge in [-0.2, -0.15) is 5.10 Å². The van der Waals surface area contributed by atoms with Crippen LogP contribution in [0.3, 0.4) is 0 Å². The molecule has 0 radical (unpaired) electrons. The number of aromatic nitrogens is 2. The number of hydrogen-bond acceptors (Lipinski definition) is 5. The molecule has 8 heteroatoms. The summed E-state index contributed by atoms with van der Waals surface area (Å²) in [6, 6.07) is -0.438. The highest BCUT2D eigenvalue weighted by Crippen LogP contribution is 2.28. The van der Waals surface area contributed by atoms with Crippen molar-refractivity contribution in [2.75, 3.05) is 11.9 Å². The number of anilines is 1. The van der Waals surface area contributed by atoms with E-state index in [1.165, 1.54) is 4.68 Å². The van der Waals surface area contributed by atoms with E-state index in [9.17, 15) is 14.9 Å². The molecule has 0 bridgehead atoms. The van der Waals surface area contributed by atoms with E-state index in [4.69, 9.17) is 0 Å². The van der Waals surface area contributed by atoms with Crippen LogP contribution < -0.4 is 10.6 Å². The highest BCUT2D eigenvalue weighted by atomic mass is 16.6. The van der Waals surface area contributed by atoms with Crippen molar-refractivity contribution in [2.45, 2.75) is 25.8 Å². The largest absolute Gasteiger partial charge is 0.354 e. The third kappa shape index (κ3) is 2.13. The second-order valence-electron chi connectivity index (χ2n) is 4.29. The average Bonchev–Trinajstić information content (AvgIpc) is 2.57. The monoisotopic (exact) mass is 253 g/mol. The van der Waals surface area contributed by atoms with Crippen molar-refractivity contribution >= 4 is 17.4 Å². The first-order valence-electron chi connectivity index (χ1n) is 5.73. The molecule has 1 atom stereocenters. The summed E-state index contributed by atoms with van der Waals surface area (Å²) in [6.45, 7) is 2.23. The lowest BCUT2D eigenvalue weighted by molar-refractivity contribution is -0.384. The van der Waals surface area contributed by atoms with Crippen molar-refractivity contribution in [3.05, 3.63) is 15.8 Å². The normalized spacial score (nSPS) is 19.4. The zero-order valence-electron chi connectivity index (χ0n) is 10.3. The standard InChI is InChI=1S/C10H15N5O3/c1-6-8(15(17)18)9(14(2)13-6)12-7-4-3-5-11-10(7)16/h7,12H,3-5H2,1-2H3,(H,11,16). The first-order chi connectivity index (χ1) is 8.50. The van der Waals surface area contributed by atoms with Crippen molar-refractivity contribution < 1.29 is 9.72 Å². The minimum Gasteiger partial charge on any atom is -0.354 e. The van der Waals surface area contributed by atoms with Crippen LogP contribution in [0.25, 0.3) is 0 Å². The molecular formula is C10H15N5O3. The Kier molecular flexibility index (Phi) is 3.17. The molecule has 0 aromatic carbocycles. The zero-order chi connectivity index (χ0) is 13.3. The van der Waals surface area contributed by atoms with Gasteiger partial charge in [-0.1, -0.05) is 0 Å². The fourth-order valence-electron chi connectivity index (χ4n) is 2.10. The van der Waals surface area contributed by atoms with Crippen LogP contribution in [0.2, 0.25) is 0 Å². The van der Waals surface area contributed by atoms with E-state index < -0.39 is 11.0 Å². The summed E-state index contributed by atoms with van der Waals surface area (Å²) < 4.78 is 1.40. The van der Waals surface area contributed by atoms with Crippen molar-refractivity contribution in [3.63, 3.8) is 0 Å². The number of hydrogen-bond donors (Lipinski definition) is 2. The van der Waals surface area contributed by atoms with Gasteiger partial charge in [-0.15, -0.1) is 0 Å². The Morgan fingerprint density at radius 1 is 1.61 bits per heavy atom. The molecule has 1 aliphatic heterocycles. The highest BCUT2D eigenvalue weighted by molar-refractivity contribution is 5.85. The molecule has 2 heterocycles. The topological polar surface area (TPSA) is 102 Å². The second-order valence-corrected chi connectivity index (χ2v) is 4.29. The number of nitro groups is 1. The predicted octanol–water partition coefficient (Wildman–Crippen LogP) is 0.327. The second kappa shape index (κ2) is 4.63. The zero-order valence-corrected chi connectivity index (χ0v) is 10.3. The SMILES string of the molecule is Cc1nn(C)c(NC2CCCNC2=O)c1[N+](=O)[O-]. The van der Waals surface area contributed by atoms with Gasteiger partial charge in [-0.05, 0) is 19.8 Å². The fraction of sp³-hybridized carbons (Fsp3) is 0.600. The summed E-state index contributed by atoms with van der Waals surface area (Å²) in [6.07, 6.45) is 1.52. The van der Waals surface area contributed by atoms with Gasteiger partial charge >= 0.3 is 5.69 Å². The molecule has 0 aliphatic carbocycles. The van der Waals surface area contributed by atoms with E-state index in [0.29, 0.717) is 18.7 Å². The summed E-state index contributed by atoms with van der Waals surface area (Å²) in [5.74, 6) is 0.147. The van der Waals surface area contributed by atoms with Gasteiger partial charge in [0.2, 0.25) is 11.7 Å². The molecule has 1 aliphatic rings. The maximum Gasteiger partial charge on any atom is 0.333 e. The number of nitrogens with zero attached hydrogens (tertiary/aromatic N) is 3. The molecule has 0 saturated carbocycles. The predicted molar refractivity (Wildman–Crippen MR) is 64.3 cm³/mol. The van der Waals surface area contributed by atoms with Crippen molar-refractivity contribution in [2.24, 2.45) is 7.05 Å². The van der Waals surface area contributed by atoms with E-state index in [1.54, 1.807) is 14.0 Å². The Bertz CT molecular complexity index is 496. The third-order valence-electron chi connectivity index (χ3n) is 2.97. The maximum absolute atomic E-state index is 11.6. The van der Waals surface area contributed by atoms with E-state index in [0.717, 1.165) is 6.42 Å². The summed E-state index contributed by atoms with van der Waals surface area (Å²) >= 11 is 0. The molecule has 8 nitrogen and oxygen atoms in total. The number of carbonyl (C=O) groups excluding carboxylic acids is 1. The number of carbonyl (C=O) groups is 1. The molecular weight excluding hydrogens is 238 g/mol. The number of rotatable bonds is 3. The fourth-order valence-corrected chi connectivity index (χ4v) is 2.10. The number of nitrogens with one attached hydrogen (secondary N) is 2. The van der Waals surface area contributed by atoms with Crippen LogP contribution in [0.1, 0.15) is 18.5 Å². The Morgan fingerprint density at radius 2 is 2.33 bits per heavy atom. The lowest BCUT2D eigenvalue weighted by Gasteiger charge is -2.23. The van der Waals surface area contributed by atoms with Gasteiger partial charge in [-0.25, -0.2) is 4.68 Å². The third-order valence-corrected chi connectivity index (χ3v) is 2.97. The lowest BCUT2D eigenvalue weighted by Crippen LogP contribution is -2.44. The Labute approximate surface area is 104 Å². The average molecular weight is 253 g/mol. The van der Waals surface area contributed by atoms with Crippen LogP contribution in [-0.2, 0) is 11.8 Å². The summed E-state index contributed by atoms with van der Waals surface area (Å²) in [4.78, 5) is 22.1. The highest BCUT2D eigenvalue weighted by Gasteiger charge is 2.29. The van der Waals surface area contributed by atoms with Crippen LogP contribution in [0, 0.1) is 17.0 Å². The van der Waals surface area contributed by atoms with Crippen LogP contribution >= 0.6 is 0 Å². The molecule has 18 heavy (non-hydrogen) atoms. The summed E-state index contributed by atoms with van der Waals surface area (Å²) in [5.41, 5.74) is 0.261. The maximum atomic E-state index is 11.6. The number of aryl methyl sites for hydroxylation is 2. The van der Waals surface area contributed by atoms with Gasteiger partial charge in [0, 0.05) is 13.6 Å². The van der Waals surface area contributed by atoms with Crippen molar-refractivity contribution in [1.82, 2.24) is 15.1 Å². The lowest BCUT2D eigenvalue weighted by atomic mass is 10.1. The molecule has 1 unspecified atom stereocenters. The Morgan fingerprint density at radius 3 is 2.94 bits per heavy atom. The molecule has 1 fully saturated rings. The molecule has 2 N–H and O–H groups in total. The van der Waals surface area contributed by atoms with Gasteiger partial charge in [0.25, 0.3) is 0 Å². The summed E-state index contributed by atoms with van der Waals surface area (Å²) in [5, 5.41) is 20.6. The van der Waals surface area contributed by atoms with E-state index in [1.807, 2.05) is 0 Å². The van der Waals surface area contributed by atoms with Gasteiger partial charge in [0.05, 0.1) is 4.92 Å². The Balaban J connectivity index is 2.28. The van der Waals surface area contributed by atoms with Crippen LogP contribution in [0.4, 0.5) is 11.5 Å². The minimum absolute atomic E-state index is 0.0733. The van der Waals surface area contributed by atoms with Crippen molar-refractivity contribution in [1.29, 1.82) is 0 Å². The van der Waals surface area contributed by atoms with Crippen LogP contribution in [0.5, 0.6) is 0 Å². The van der Waals surface area contributed by atoms with Gasteiger partial charge in [0.15, 0.2) is 0 Å². The smallest absolute Gasteiger partial charge is 0.333 e. The molecule has 1 amide bonds. The molecule has 98 valence electrons. The van der Waals surface area contributed by atoms with Gasteiger partial charge in [-0.3, -0.25) is 14.9 Å². The number of piperidine rings is 1. The minimum atomic E-state index is -0.481. The van der Waals surface area contributed by atoms with Crippen molar-refractivity contribution in [3.8, 4) is 0 Å².